The van der Waals surface area contributed by atoms with Crippen molar-refractivity contribution in [2.24, 2.45) is 4.99 Å². The number of anilines is 2. The number of ether oxygens (including phenoxy) is 3. The molecule has 0 unspecified atom stereocenters. The van der Waals surface area contributed by atoms with Gasteiger partial charge in [-0.1, -0.05) is 82.3 Å². The molecular formula is C45H49N3O6. The topological polar surface area (TPSA) is 97.7 Å². The van der Waals surface area contributed by atoms with Crippen molar-refractivity contribution in [3.05, 3.63) is 136 Å². The summed E-state index contributed by atoms with van der Waals surface area (Å²) in [5, 5.41) is 0. The van der Waals surface area contributed by atoms with E-state index in [-0.39, 0.29) is 36.0 Å². The number of methoxy groups -OCH3 is 1. The maximum absolute atomic E-state index is 12.5. The van der Waals surface area contributed by atoms with Gasteiger partial charge in [0.05, 0.1) is 37.2 Å². The summed E-state index contributed by atoms with van der Waals surface area (Å²) in [6, 6.07) is 23.9. The average molecular weight is 728 g/mol. The van der Waals surface area contributed by atoms with Crippen LogP contribution in [0, 0.1) is 0 Å². The standard InChI is InChI=1S/C45H49N3O6/c1-30(49)53-27-25-47-38-17-10-8-15-36(38)44(3,4)40(47)23-21-32-19-20-33(42(32)46-35-14-12-13-34(29-35)43(51)52-7)22-24-41-45(5,6)37-16-9-11-18-39(37)48(41)26-28-54-31(2)50/h8-18,21-24,29H,19-20,25-28H2,1-7H3/b32-21+,33-22+,40-23+,41-24+. The lowest BCUT2D eigenvalue weighted by Gasteiger charge is -2.27. The molecular weight excluding hydrogens is 679 g/mol. The molecule has 0 aromatic heterocycles. The van der Waals surface area contributed by atoms with Crippen LogP contribution in [0.25, 0.3) is 0 Å². The molecule has 2 aliphatic heterocycles. The van der Waals surface area contributed by atoms with E-state index in [1.165, 1.54) is 32.1 Å². The number of allylic oxidation sites excluding steroid dienone is 8. The zero-order valence-corrected chi connectivity index (χ0v) is 32.3. The zero-order chi connectivity index (χ0) is 38.6. The van der Waals surface area contributed by atoms with Gasteiger partial charge in [-0.15, -0.1) is 0 Å². The molecule has 0 radical (unpaired) electrons. The summed E-state index contributed by atoms with van der Waals surface area (Å²) in [6.45, 7) is 13.3. The summed E-state index contributed by atoms with van der Waals surface area (Å²) in [4.78, 5) is 45.4. The minimum atomic E-state index is -0.418. The Morgan fingerprint density at radius 1 is 0.685 bits per heavy atom. The summed E-state index contributed by atoms with van der Waals surface area (Å²) in [5.74, 6) is -1.02. The Morgan fingerprint density at radius 2 is 1.17 bits per heavy atom. The number of hydrogen-bond donors (Lipinski definition) is 0. The lowest BCUT2D eigenvalue weighted by molar-refractivity contribution is -0.141. The number of esters is 3. The van der Waals surface area contributed by atoms with Crippen LogP contribution in [-0.2, 0) is 34.6 Å². The van der Waals surface area contributed by atoms with Crippen molar-refractivity contribution in [3.8, 4) is 0 Å². The third-order valence-corrected chi connectivity index (χ3v) is 10.5. The van der Waals surface area contributed by atoms with Gasteiger partial charge in [0.2, 0.25) is 0 Å². The number of para-hydroxylation sites is 2. The van der Waals surface area contributed by atoms with Gasteiger partial charge in [-0.2, -0.15) is 0 Å². The third-order valence-electron chi connectivity index (χ3n) is 10.5. The van der Waals surface area contributed by atoms with Crippen LogP contribution >= 0.6 is 0 Å². The fraction of sp³-hybridized carbons (Fsp3) is 0.333. The summed E-state index contributed by atoms with van der Waals surface area (Å²) >= 11 is 0. The number of carbonyl (C=O) groups is 3. The van der Waals surface area contributed by atoms with Crippen molar-refractivity contribution in [3.63, 3.8) is 0 Å². The van der Waals surface area contributed by atoms with Crippen LogP contribution in [0.4, 0.5) is 17.1 Å². The summed E-state index contributed by atoms with van der Waals surface area (Å²) < 4.78 is 15.8. The molecule has 9 nitrogen and oxygen atoms in total. The highest BCUT2D eigenvalue weighted by Crippen LogP contribution is 2.49. The fourth-order valence-electron chi connectivity index (χ4n) is 7.81. The molecule has 0 saturated heterocycles. The van der Waals surface area contributed by atoms with Crippen molar-refractivity contribution in [2.75, 3.05) is 43.2 Å². The molecule has 6 rings (SSSR count). The van der Waals surface area contributed by atoms with Gasteiger partial charge in [0.25, 0.3) is 0 Å². The molecule has 9 heteroatoms. The number of aliphatic imine (C=N–C) groups is 1. The van der Waals surface area contributed by atoms with Crippen LogP contribution in [0.5, 0.6) is 0 Å². The van der Waals surface area contributed by atoms with E-state index in [2.05, 4.69) is 98.2 Å². The lowest BCUT2D eigenvalue weighted by atomic mass is 9.83. The van der Waals surface area contributed by atoms with Gasteiger partial charge in [-0.25, -0.2) is 9.79 Å². The Balaban J connectivity index is 1.43. The van der Waals surface area contributed by atoms with Crippen LogP contribution in [0.15, 0.2) is 125 Å². The molecule has 3 aromatic rings. The fourth-order valence-corrected chi connectivity index (χ4v) is 7.81. The number of nitrogens with zero attached hydrogens (tertiary/aromatic N) is 3. The number of benzene rings is 3. The first-order chi connectivity index (χ1) is 25.8. The largest absolute Gasteiger partial charge is 0.465 e. The van der Waals surface area contributed by atoms with E-state index in [1.54, 1.807) is 12.1 Å². The molecule has 3 aromatic carbocycles. The van der Waals surface area contributed by atoms with Crippen molar-refractivity contribution >= 4 is 40.7 Å². The van der Waals surface area contributed by atoms with Gasteiger partial charge in [-0.3, -0.25) is 9.59 Å². The monoisotopic (exact) mass is 727 g/mol. The highest BCUT2D eigenvalue weighted by atomic mass is 16.5. The molecule has 280 valence electrons. The van der Waals surface area contributed by atoms with Crippen LogP contribution < -0.4 is 9.80 Å². The van der Waals surface area contributed by atoms with E-state index in [4.69, 9.17) is 19.2 Å². The first-order valence-electron chi connectivity index (χ1n) is 18.4. The van der Waals surface area contributed by atoms with Crippen molar-refractivity contribution in [1.29, 1.82) is 0 Å². The molecule has 54 heavy (non-hydrogen) atoms. The highest BCUT2D eigenvalue weighted by molar-refractivity contribution is 6.16. The molecule has 0 atom stereocenters. The molecule has 3 aliphatic rings. The third kappa shape index (κ3) is 7.67. The summed E-state index contributed by atoms with van der Waals surface area (Å²) in [6.07, 6.45) is 10.2. The Bertz CT molecular complexity index is 2000. The minimum Gasteiger partial charge on any atom is -0.465 e. The van der Waals surface area contributed by atoms with Crippen LogP contribution in [0.1, 0.15) is 75.9 Å². The van der Waals surface area contributed by atoms with Crippen LogP contribution in [-0.4, -0.2) is 57.0 Å². The molecule has 2 heterocycles. The predicted octanol–water partition coefficient (Wildman–Crippen LogP) is 8.68. The summed E-state index contributed by atoms with van der Waals surface area (Å²) in [7, 11) is 1.37. The normalized spacial score (nSPS) is 19.7. The predicted molar refractivity (Wildman–Crippen MR) is 213 cm³/mol. The van der Waals surface area contributed by atoms with Crippen molar-refractivity contribution in [2.45, 2.75) is 65.2 Å². The van der Waals surface area contributed by atoms with Crippen LogP contribution in [0.2, 0.25) is 0 Å². The molecule has 0 spiro atoms. The highest BCUT2D eigenvalue weighted by Gasteiger charge is 2.41. The molecule has 1 fully saturated rings. The van der Waals surface area contributed by atoms with Gasteiger partial charge >= 0.3 is 17.9 Å². The van der Waals surface area contributed by atoms with Gasteiger partial charge in [0.1, 0.15) is 13.2 Å². The molecule has 0 amide bonds. The first kappa shape index (κ1) is 38.0. The van der Waals surface area contributed by atoms with Gasteiger partial charge < -0.3 is 24.0 Å². The number of carbonyl (C=O) groups excluding carboxylic acids is 3. The quantitative estimate of drug-likeness (QED) is 0.151. The second-order valence-corrected chi connectivity index (χ2v) is 14.8. The van der Waals surface area contributed by atoms with Crippen molar-refractivity contribution < 1.29 is 28.6 Å². The van der Waals surface area contributed by atoms with E-state index in [0.29, 0.717) is 24.3 Å². The van der Waals surface area contributed by atoms with E-state index < -0.39 is 5.97 Å². The smallest absolute Gasteiger partial charge is 0.337 e. The Kier molecular flexibility index (Phi) is 11.1. The van der Waals surface area contributed by atoms with E-state index in [1.807, 2.05) is 24.3 Å². The van der Waals surface area contributed by atoms with E-state index in [9.17, 15) is 14.4 Å². The average Bonchev–Trinajstić information content (AvgIpc) is 3.70. The number of rotatable bonds is 10. The SMILES string of the molecule is COC(=O)c1cccc(N=C2/C(=C/C=C3/N(CCOC(C)=O)c4ccccc4C3(C)C)CC/C2=C\C=C2\N(CCOC(C)=O)c3ccccc3C2(C)C)c1. The molecule has 0 bridgehead atoms. The van der Waals surface area contributed by atoms with Gasteiger partial charge in [0, 0.05) is 47.4 Å². The maximum atomic E-state index is 12.5. The van der Waals surface area contributed by atoms with Gasteiger partial charge in [-0.05, 0) is 77.6 Å². The maximum Gasteiger partial charge on any atom is 0.337 e. The first-order valence-corrected chi connectivity index (χ1v) is 18.4. The minimum absolute atomic E-state index is 0.274. The van der Waals surface area contributed by atoms with E-state index in [0.717, 1.165) is 52.5 Å². The van der Waals surface area contributed by atoms with Crippen LogP contribution in [0.3, 0.4) is 0 Å². The molecule has 0 N–H and O–H groups in total. The number of fused-ring (bicyclic) bond motifs is 2. The second-order valence-electron chi connectivity index (χ2n) is 14.8. The van der Waals surface area contributed by atoms with Crippen molar-refractivity contribution in [1.82, 2.24) is 0 Å². The Labute approximate surface area is 318 Å². The Hall–Kier alpha value is -5.70. The molecule has 1 saturated carbocycles. The van der Waals surface area contributed by atoms with E-state index >= 15 is 0 Å². The lowest BCUT2D eigenvalue weighted by Crippen LogP contribution is -2.29. The zero-order valence-electron chi connectivity index (χ0n) is 32.3. The second kappa shape index (κ2) is 15.7. The molecule has 1 aliphatic carbocycles. The Morgan fingerprint density at radius 3 is 1.63 bits per heavy atom. The summed E-state index contributed by atoms with van der Waals surface area (Å²) in [5.41, 5.74) is 10.3. The van der Waals surface area contributed by atoms with Gasteiger partial charge in [0.15, 0.2) is 0 Å². The number of hydrogen-bond acceptors (Lipinski definition) is 9.